The molecule has 9 heteroatoms. The minimum absolute atomic E-state index is 0.0786. The number of fused-ring (bicyclic) bond motifs is 1. The molecule has 5 rings (SSSR count). The second kappa shape index (κ2) is 10.7. The topological polar surface area (TPSA) is 63.6 Å². The van der Waals surface area contributed by atoms with Crippen molar-refractivity contribution in [3.8, 4) is 11.4 Å². The molecule has 1 aliphatic rings. The van der Waals surface area contributed by atoms with Gasteiger partial charge in [0.2, 0.25) is 0 Å². The average Bonchev–Trinajstić information content (AvgIpc) is 2.87. The summed E-state index contributed by atoms with van der Waals surface area (Å²) in [5, 5.41) is 3.43. The molecule has 0 amide bonds. The van der Waals surface area contributed by atoms with Gasteiger partial charge in [-0.2, -0.15) is 0 Å². The van der Waals surface area contributed by atoms with Crippen LogP contribution in [0.4, 0.5) is 13.2 Å². The number of aromatic nitrogens is 4. The van der Waals surface area contributed by atoms with Gasteiger partial charge < -0.3 is 5.32 Å². The monoisotopic (exact) mass is 483 g/mol. The third-order valence-corrected chi connectivity index (χ3v) is 5.51. The second-order valence-electron chi connectivity index (χ2n) is 7.69. The van der Waals surface area contributed by atoms with E-state index in [9.17, 15) is 13.2 Å². The normalized spacial score (nSPS) is 12.9. The molecule has 2 aromatic heterocycles. The van der Waals surface area contributed by atoms with Crippen molar-refractivity contribution in [1.29, 1.82) is 0 Å². The molecule has 1 aliphatic heterocycles. The van der Waals surface area contributed by atoms with Gasteiger partial charge in [0.05, 0.1) is 5.69 Å². The Kier molecular flexibility index (Phi) is 7.49. The summed E-state index contributed by atoms with van der Waals surface area (Å²) < 4.78 is 43.2. The lowest BCUT2D eigenvalue weighted by atomic mass is 9.98. The number of halogens is 4. The third-order valence-electron chi connectivity index (χ3n) is 5.28. The Balaban J connectivity index is 0.000000398. The van der Waals surface area contributed by atoms with Crippen molar-refractivity contribution in [3.05, 3.63) is 107 Å². The number of nitrogens with one attached hydrogen (secondary N) is 1. The van der Waals surface area contributed by atoms with Crippen LogP contribution in [0.1, 0.15) is 22.4 Å². The van der Waals surface area contributed by atoms with E-state index < -0.39 is 18.2 Å². The Bertz CT molecular complexity index is 1210. The van der Waals surface area contributed by atoms with Crippen molar-refractivity contribution in [1.82, 2.24) is 25.3 Å². The molecule has 4 aromatic rings. The molecule has 0 radical (unpaired) electrons. The predicted octanol–water partition coefficient (Wildman–Crippen LogP) is 5.39. The average molecular weight is 484 g/mol. The maximum Gasteiger partial charge on any atom is 0.277 e. The van der Waals surface area contributed by atoms with Crippen LogP contribution >= 0.6 is 11.6 Å². The molecule has 0 saturated carbocycles. The van der Waals surface area contributed by atoms with Gasteiger partial charge in [0, 0.05) is 66.2 Å². The Morgan fingerprint density at radius 1 is 1.03 bits per heavy atom. The van der Waals surface area contributed by atoms with Crippen molar-refractivity contribution >= 4 is 11.6 Å². The minimum atomic E-state index is -3.21. The van der Waals surface area contributed by atoms with Crippen LogP contribution in [0, 0.1) is 5.82 Å². The first kappa shape index (κ1) is 23.8. The Morgan fingerprint density at radius 2 is 1.79 bits per heavy atom. The number of rotatable bonds is 4. The zero-order chi connectivity index (χ0) is 24.0. The lowest BCUT2D eigenvalue weighted by Crippen LogP contribution is -2.25. The van der Waals surface area contributed by atoms with E-state index in [1.807, 2.05) is 0 Å². The largest absolute Gasteiger partial charge is 0.312 e. The summed E-state index contributed by atoms with van der Waals surface area (Å²) in [6, 6.07) is 11.3. The molecule has 174 valence electrons. The van der Waals surface area contributed by atoms with E-state index in [1.165, 1.54) is 30.6 Å². The van der Waals surface area contributed by atoms with E-state index >= 15 is 0 Å². The van der Waals surface area contributed by atoms with Crippen LogP contribution in [0.25, 0.3) is 11.4 Å². The van der Waals surface area contributed by atoms with Crippen LogP contribution in [0.15, 0.2) is 73.4 Å². The lowest BCUT2D eigenvalue weighted by Gasteiger charge is -2.18. The fraction of sp³-hybridized carbons (Fsp3) is 0.200. The van der Waals surface area contributed by atoms with Gasteiger partial charge in [-0.25, -0.2) is 33.1 Å². The first-order chi connectivity index (χ1) is 16.4. The van der Waals surface area contributed by atoms with Gasteiger partial charge in [0.25, 0.3) is 5.92 Å². The fourth-order valence-corrected chi connectivity index (χ4v) is 3.66. The van der Waals surface area contributed by atoms with E-state index in [2.05, 4.69) is 25.3 Å². The molecule has 0 unspecified atom stereocenters. The molecule has 3 heterocycles. The number of alkyl halides is 2. The maximum atomic E-state index is 14.6. The molecule has 34 heavy (non-hydrogen) atoms. The number of hydrogen-bond donors (Lipinski definition) is 1. The molecule has 5 nitrogen and oxygen atoms in total. The van der Waals surface area contributed by atoms with E-state index in [0.29, 0.717) is 11.4 Å². The fourth-order valence-electron chi connectivity index (χ4n) is 3.50. The smallest absolute Gasteiger partial charge is 0.277 e. The van der Waals surface area contributed by atoms with Gasteiger partial charge in [0.15, 0.2) is 5.82 Å². The summed E-state index contributed by atoms with van der Waals surface area (Å²) in [6.07, 6.45) is 6.72. The second-order valence-corrected chi connectivity index (χ2v) is 8.13. The Hall–Kier alpha value is -3.36. The van der Waals surface area contributed by atoms with Crippen molar-refractivity contribution in [2.75, 3.05) is 6.54 Å². The first-order valence-corrected chi connectivity index (χ1v) is 11.0. The molecule has 0 bridgehead atoms. The molecule has 0 fully saturated rings. The van der Waals surface area contributed by atoms with Crippen molar-refractivity contribution in [3.63, 3.8) is 0 Å². The molecular weight excluding hydrogens is 463 g/mol. The number of hydrogen-bond acceptors (Lipinski definition) is 5. The Morgan fingerprint density at radius 3 is 2.44 bits per heavy atom. The van der Waals surface area contributed by atoms with Gasteiger partial charge in [-0.1, -0.05) is 41.9 Å². The van der Waals surface area contributed by atoms with Gasteiger partial charge in [-0.3, -0.25) is 0 Å². The van der Waals surface area contributed by atoms with E-state index in [1.54, 1.807) is 36.8 Å². The van der Waals surface area contributed by atoms with Gasteiger partial charge in [0.1, 0.15) is 12.1 Å². The van der Waals surface area contributed by atoms with Crippen LogP contribution in [-0.2, 0) is 25.3 Å². The molecule has 0 aliphatic carbocycles. The van der Waals surface area contributed by atoms with Crippen LogP contribution in [0.5, 0.6) is 0 Å². The maximum absolute atomic E-state index is 14.6. The van der Waals surface area contributed by atoms with Crippen LogP contribution in [-0.4, -0.2) is 26.5 Å². The standard InChI is InChI=1S/C21H17ClF3N3.C4H4N2/c22-17-6-3-14(18(23)9-17)10-21(24,25)16-4-1-13(2-5-16)20-27-12-15-11-26-8-7-19(15)28-20;1-2-5-4-6-3-1/h1-6,9,12,26H,7-8,10-11H2;1-4H. The minimum Gasteiger partial charge on any atom is -0.312 e. The summed E-state index contributed by atoms with van der Waals surface area (Å²) in [4.78, 5) is 16.3. The van der Waals surface area contributed by atoms with E-state index in [-0.39, 0.29) is 16.1 Å². The van der Waals surface area contributed by atoms with Crippen molar-refractivity contribution in [2.45, 2.75) is 25.3 Å². The van der Waals surface area contributed by atoms with Crippen LogP contribution in [0.2, 0.25) is 5.02 Å². The molecule has 2 aromatic carbocycles. The zero-order valence-electron chi connectivity index (χ0n) is 18.1. The quantitative estimate of drug-likeness (QED) is 0.421. The van der Waals surface area contributed by atoms with Crippen LogP contribution in [0.3, 0.4) is 0 Å². The third kappa shape index (κ3) is 5.95. The van der Waals surface area contributed by atoms with Gasteiger partial charge >= 0.3 is 0 Å². The SMILES string of the molecule is Fc1cc(Cl)ccc1CC(F)(F)c1ccc(-c2ncc3c(n2)CCNC3)cc1.c1cncnc1. The number of benzene rings is 2. The highest BCUT2D eigenvalue weighted by atomic mass is 35.5. The molecule has 0 atom stereocenters. The van der Waals surface area contributed by atoms with Crippen molar-refractivity contribution in [2.24, 2.45) is 0 Å². The van der Waals surface area contributed by atoms with E-state index in [0.717, 1.165) is 36.8 Å². The van der Waals surface area contributed by atoms with E-state index in [4.69, 9.17) is 11.6 Å². The molecular formula is C25H21ClF3N5. The summed E-state index contributed by atoms with van der Waals surface area (Å²) >= 11 is 5.68. The molecule has 1 N–H and O–H groups in total. The molecule has 0 spiro atoms. The number of nitrogens with zero attached hydrogens (tertiary/aromatic N) is 4. The first-order valence-electron chi connectivity index (χ1n) is 10.6. The molecule has 0 saturated heterocycles. The lowest BCUT2D eigenvalue weighted by molar-refractivity contribution is -0.00460. The summed E-state index contributed by atoms with van der Waals surface area (Å²) in [7, 11) is 0. The zero-order valence-corrected chi connectivity index (χ0v) is 18.8. The highest BCUT2D eigenvalue weighted by Gasteiger charge is 2.33. The summed E-state index contributed by atoms with van der Waals surface area (Å²) in [5.74, 6) is -3.43. The highest BCUT2D eigenvalue weighted by Crippen LogP contribution is 2.34. The predicted molar refractivity (Wildman–Crippen MR) is 124 cm³/mol. The highest BCUT2D eigenvalue weighted by molar-refractivity contribution is 6.30. The summed E-state index contributed by atoms with van der Waals surface area (Å²) in [5.41, 5.74) is 2.44. The van der Waals surface area contributed by atoms with Gasteiger partial charge in [-0.15, -0.1) is 0 Å². The van der Waals surface area contributed by atoms with Gasteiger partial charge in [-0.05, 0) is 23.8 Å². The van der Waals surface area contributed by atoms with Crippen molar-refractivity contribution < 1.29 is 13.2 Å². The Labute approximate surface area is 200 Å². The summed E-state index contributed by atoms with van der Waals surface area (Å²) in [6.45, 7) is 1.60. The van der Waals surface area contributed by atoms with Crippen LogP contribution < -0.4 is 5.32 Å².